The summed E-state index contributed by atoms with van der Waals surface area (Å²) >= 11 is 0. The summed E-state index contributed by atoms with van der Waals surface area (Å²) in [4.78, 5) is 33.4. The highest BCUT2D eigenvalue weighted by atomic mass is 16.2. The number of nitrogens with one attached hydrogen (secondary N) is 1. The van der Waals surface area contributed by atoms with E-state index in [1.165, 1.54) is 26.0 Å². The molecule has 0 aromatic heterocycles. The van der Waals surface area contributed by atoms with Crippen molar-refractivity contribution in [3.63, 3.8) is 0 Å². The molecule has 0 saturated carbocycles. The third-order valence-corrected chi connectivity index (χ3v) is 2.08. The molecule has 0 atom stereocenters. The molecular weight excluding hydrogens is 220 g/mol. The number of Topliss-reactive ketones (excluding diaryl/α,β-unsaturated/α-hetero) is 2. The molecule has 5 heteroatoms. The van der Waals surface area contributed by atoms with Crippen LogP contribution in [0.4, 0.5) is 11.4 Å². The van der Waals surface area contributed by atoms with Crippen molar-refractivity contribution in [3.05, 3.63) is 23.8 Å². The van der Waals surface area contributed by atoms with Gasteiger partial charge in [0.25, 0.3) is 0 Å². The molecule has 90 valence electrons. The van der Waals surface area contributed by atoms with Crippen LogP contribution in [-0.2, 0) is 9.59 Å². The highest BCUT2D eigenvalue weighted by Crippen LogP contribution is 2.19. The summed E-state index contributed by atoms with van der Waals surface area (Å²) in [5.41, 5.74) is 6.69. The molecule has 0 heterocycles. The molecule has 0 aliphatic carbocycles. The number of anilines is 2. The second kappa shape index (κ2) is 5.25. The first-order valence-electron chi connectivity index (χ1n) is 5.10. The fourth-order valence-corrected chi connectivity index (χ4v) is 1.40. The predicted molar refractivity (Wildman–Crippen MR) is 64.8 cm³/mol. The summed E-state index contributed by atoms with van der Waals surface area (Å²) in [5.74, 6) is -0.804. The number of carbonyl (C=O) groups excluding carboxylic acids is 3. The number of hydrogen-bond acceptors (Lipinski definition) is 4. The zero-order valence-electron chi connectivity index (χ0n) is 9.74. The van der Waals surface area contributed by atoms with E-state index in [0.717, 1.165) is 0 Å². The minimum absolute atomic E-state index is 0.187. The van der Waals surface area contributed by atoms with Crippen molar-refractivity contribution < 1.29 is 14.4 Å². The summed E-state index contributed by atoms with van der Waals surface area (Å²) in [5, 5.41) is 2.55. The molecule has 1 aromatic carbocycles. The van der Waals surface area contributed by atoms with E-state index in [1.54, 1.807) is 6.07 Å². The first-order chi connectivity index (χ1) is 7.90. The van der Waals surface area contributed by atoms with E-state index in [9.17, 15) is 14.4 Å². The number of nitrogens with two attached hydrogens (primary N) is 1. The number of carbonyl (C=O) groups is 3. The molecule has 0 bridgehead atoms. The van der Waals surface area contributed by atoms with E-state index in [1.807, 2.05) is 0 Å². The van der Waals surface area contributed by atoms with Crippen molar-refractivity contribution in [1.29, 1.82) is 0 Å². The quantitative estimate of drug-likeness (QED) is 0.468. The first kappa shape index (κ1) is 12.9. The summed E-state index contributed by atoms with van der Waals surface area (Å²) in [6.45, 7) is 2.71. The van der Waals surface area contributed by atoms with Crippen molar-refractivity contribution in [2.75, 3.05) is 11.1 Å². The Morgan fingerprint density at radius 1 is 1.24 bits per heavy atom. The van der Waals surface area contributed by atoms with Gasteiger partial charge < -0.3 is 11.1 Å². The molecule has 3 N–H and O–H groups in total. The number of ketones is 2. The lowest BCUT2D eigenvalue weighted by atomic mass is 10.0. The van der Waals surface area contributed by atoms with Gasteiger partial charge in [0, 0.05) is 23.9 Å². The maximum atomic E-state index is 11.7. The molecule has 0 radical (unpaired) electrons. The lowest BCUT2D eigenvalue weighted by molar-refractivity contribution is -0.116. The second-order valence-corrected chi connectivity index (χ2v) is 3.79. The Morgan fingerprint density at radius 3 is 2.41 bits per heavy atom. The van der Waals surface area contributed by atoms with E-state index in [4.69, 9.17) is 5.73 Å². The van der Waals surface area contributed by atoms with Crippen molar-refractivity contribution in [2.24, 2.45) is 0 Å². The average molecular weight is 234 g/mol. The van der Waals surface area contributed by atoms with Gasteiger partial charge in [0.1, 0.15) is 5.78 Å². The zero-order chi connectivity index (χ0) is 13.0. The molecule has 0 saturated heterocycles. The van der Waals surface area contributed by atoms with Gasteiger partial charge >= 0.3 is 0 Å². The average Bonchev–Trinajstić information content (AvgIpc) is 2.19. The lowest BCUT2D eigenvalue weighted by Gasteiger charge is -2.07. The molecule has 5 nitrogen and oxygen atoms in total. The van der Waals surface area contributed by atoms with Crippen LogP contribution in [0.2, 0.25) is 0 Å². The van der Waals surface area contributed by atoms with Gasteiger partial charge in [-0.05, 0) is 25.1 Å². The van der Waals surface area contributed by atoms with Crippen LogP contribution in [0.3, 0.4) is 0 Å². The van der Waals surface area contributed by atoms with Crippen molar-refractivity contribution in [2.45, 2.75) is 20.3 Å². The maximum Gasteiger partial charge on any atom is 0.221 e. The molecule has 1 amide bonds. The molecule has 1 aromatic rings. The van der Waals surface area contributed by atoms with Crippen LogP contribution in [0.5, 0.6) is 0 Å². The van der Waals surface area contributed by atoms with Gasteiger partial charge in [0.15, 0.2) is 5.78 Å². The topological polar surface area (TPSA) is 89.3 Å². The van der Waals surface area contributed by atoms with Crippen LogP contribution in [0.25, 0.3) is 0 Å². The number of hydrogen-bond donors (Lipinski definition) is 2. The van der Waals surface area contributed by atoms with E-state index in [0.29, 0.717) is 11.4 Å². The molecular formula is C12H14N2O3. The zero-order valence-corrected chi connectivity index (χ0v) is 9.74. The van der Waals surface area contributed by atoms with E-state index in [-0.39, 0.29) is 29.5 Å². The van der Waals surface area contributed by atoms with Gasteiger partial charge in [-0.25, -0.2) is 0 Å². The predicted octanol–water partition coefficient (Wildman–Crippen LogP) is 1.39. The Bertz CT molecular complexity index is 481. The minimum atomic E-state index is -0.345. The van der Waals surface area contributed by atoms with Crippen LogP contribution >= 0.6 is 0 Å². The van der Waals surface area contributed by atoms with E-state index < -0.39 is 0 Å². The molecule has 1 rings (SSSR count). The van der Waals surface area contributed by atoms with Crippen LogP contribution in [0.1, 0.15) is 30.6 Å². The van der Waals surface area contributed by atoms with Gasteiger partial charge in [-0.15, -0.1) is 0 Å². The number of amides is 1. The van der Waals surface area contributed by atoms with Crippen molar-refractivity contribution in [1.82, 2.24) is 0 Å². The highest BCUT2D eigenvalue weighted by Gasteiger charge is 2.12. The number of rotatable bonds is 4. The summed E-state index contributed by atoms with van der Waals surface area (Å²) in [6.07, 6.45) is -0.187. The molecule has 0 spiro atoms. The summed E-state index contributed by atoms with van der Waals surface area (Å²) in [6, 6.07) is 4.60. The van der Waals surface area contributed by atoms with Crippen LogP contribution in [0, 0.1) is 0 Å². The second-order valence-electron chi connectivity index (χ2n) is 3.79. The fraction of sp³-hybridized carbons (Fsp3) is 0.250. The monoisotopic (exact) mass is 234 g/mol. The van der Waals surface area contributed by atoms with Gasteiger partial charge in [0.2, 0.25) is 5.91 Å². The minimum Gasteiger partial charge on any atom is -0.398 e. The molecule has 0 aliphatic rings. The Labute approximate surface area is 99.0 Å². The Hall–Kier alpha value is -2.17. The highest BCUT2D eigenvalue weighted by molar-refractivity contribution is 6.10. The summed E-state index contributed by atoms with van der Waals surface area (Å²) in [7, 11) is 0. The molecule has 17 heavy (non-hydrogen) atoms. The van der Waals surface area contributed by atoms with E-state index >= 15 is 0 Å². The van der Waals surface area contributed by atoms with Crippen molar-refractivity contribution in [3.8, 4) is 0 Å². The smallest absolute Gasteiger partial charge is 0.221 e. The third kappa shape index (κ3) is 3.71. The van der Waals surface area contributed by atoms with Crippen molar-refractivity contribution >= 4 is 28.8 Å². The van der Waals surface area contributed by atoms with Gasteiger partial charge in [-0.3, -0.25) is 14.4 Å². The standard InChI is InChI=1S/C12H14N2O3/c1-7(15)5-12(17)10-6-9(14-8(2)16)3-4-11(10)13/h3-4,6H,5,13H2,1-2H3,(H,14,16). The van der Waals surface area contributed by atoms with Gasteiger partial charge in [0.05, 0.1) is 6.42 Å². The van der Waals surface area contributed by atoms with Gasteiger partial charge in [-0.2, -0.15) is 0 Å². The van der Waals surface area contributed by atoms with Crippen LogP contribution in [0.15, 0.2) is 18.2 Å². The normalized spacial score (nSPS) is 9.76. The van der Waals surface area contributed by atoms with Crippen LogP contribution in [-0.4, -0.2) is 17.5 Å². The fourth-order valence-electron chi connectivity index (χ4n) is 1.40. The van der Waals surface area contributed by atoms with E-state index in [2.05, 4.69) is 5.32 Å². The Morgan fingerprint density at radius 2 is 1.88 bits per heavy atom. The SMILES string of the molecule is CC(=O)CC(=O)c1cc(NC(C)=O)ccc1N. The largest absolute Gasteiger partial charge is 0.398 e. The molecule has 0 fully saturated rings. The third-order valence-electron chi connectivity index (χ3n) is 2.08. The number of nitrogen functional groups attached to an aromatic ring is 1. The summed E-state index contributed by atoms with van der Waals surface area (Å²) < 4.78 is 0. The molecule has 0 aliphatic heterocycles. The lowest BCUT2D eigenvalue weighted by Crippen LogP contribution is -2.10. The first-order valence-corrected chi connectivity index (χ1v) is 5.10. The maximum absolute atomic E-state index is 11.7. The van der Waals surface area contributed by atoms with Crippen LogP contribution < -0.4 is 11.1 Å². The number of benzene rings is 1. The Balaban J connectivity index is 3.01. The Kier molecular flexibility index (Phi) is 3.98. The molecule has 0 unspecified atom stereocenters. The van der Waals surface area contributed by atoms with Gasteiger partial charge in [-0.1, -0.05) is 0 Å².